The standard InChI is InChI=1S/C15H30N2O3/c1-10(2)6-12(8-14(18)20-5)9-17-15(19)13(16)7-11(3)4/h10-13H,6-9,16H2,1-5H3,(H,17,19)/t12-,13-/m0/s1. The number of esters is 1. The summed E-state index contributed by atoms with van der Waals surface area (Å²) in [6, 6.07) is -0.479. The third-order valence-corrected chi connectivity index (χ3v) is 3.11. The molecule has 5 heteroatoms. The predicted molar refractivity (Wildman–Crippen MR) is 80.0 cm³/mol. The summed E-state index contributed by atoms with van der Waals surface area (Å²) in [6.45, 7) is 8.73. The maximum Gasteiger partial charge on any atom is 0.305 e. The molecule has 0 aliphatic rings. The van der Waals surface area contributed by atoms with Gasteiger partial charge in [-0.05, 0) is 30.6 Å². The highest BCUT2D eigenvalue weighted by atomic mass is 16.5. The highest BCUT2D eigenvalue weighted by Crippen LogP contribution is 2.15. The van der Waals surface area contributed by atoms with E-state index < -0.39 is 6.04 Å². The molecule has 0 aliphatic heterocycles. The van der Waals surface area contributed by atoms with Crippen LogP contribution in [0.25, 0.3) is 0 Å². The third kappa shape index (κ3) is 8.91. The molecular formula is C15H30N2O3. The predicted octanol–water partition coefficient (Wildman–Crippen LogP) is 1.70. The molecule has 0 heterocycles. The van der Waals surface area contributed by atoms with E-state index in [1.807, 2.05) is 13.8 Å². The van der Waals surface area contributed by atoms with Crippen molar-refractivity contribution in [2.75, 3.05) is 13.7 Å². The van der Waals surface area contributed by atoms with Crippen molar-refractivity contribution in [3.05, 3.63) is 0 Å². The molecule has 5 nitrogen and oxygen atoms in total. The summed E-state index contributed by atoms with van der Waals surface area (Å²) >= 11 is 0. The Kier molecular flexibility index (Phi) is 9.21. The Labute approximate surface area is 122 Å². The quantitative estimate of drug-likeness (QED) is 0.632. The maximum absolute atomic E-state index is 11.9. The van der Waals surface area contributed by atoms with Gasteiger partial charge in [0.15, 0.2) is 0 Å². The Morgan fingerprint density at radius 3 is 2.10 bits per heavy atom. The Balaban J connectivity index is 4.29. The van der Waals surface area contributed by atoms with Crippen molar-refractivity contribution < 1.29 is 14.3 Å². The van der Waals surface area contributed by atoms with E-state index in [2.05, 4.69) is 19.2 Å². The molecule has 0 saturated heterocycles. The van der Waals surface area contributed by atoms with Crippen molar-refractivity contribution in [1.29, 1.82) is 0 Å². The first kappa shape index (κ1) is 18.9. The molecule has 20 heavy (non-hydrogen) atoms. The van der Waals surface area contributed by atoms with Gasteiger partial charge in [-0.3, -0.25) is 9.59 Å². The summed E-state index contributed by atoms with van der Waals surface area (Å²) in [7, 11) is 1.38. The first-order chi connectivity index (χ1) is 9.26. The maximum atomic E-state index is 11.9. The minimum absolute atomic E-state index is 0.0950. The SMILES string of the molecule is COC(=O)C[C@@H](CNC(=O)[C@@H](N)CC(C)C)CC(C)C. The molecule has 1 amide bonds. The fraction of sp³-hybridized carbons (Fsp3) is 0.867. The van der Waals surface area contributed by atoms with Crippen LogP contribution in [0.5, 0.6) is 0 Å². The van der Waals surface area contributed by atoms with E-state index in [1.54, 1.807) is 0 Å². The van der Waals surface area contributed by atoms with Gasteiger partial charge < -0.3 is 15.8 Å². The number of carbonyl (C=O) groups excluding carboxylic acids is 2. The molecule has 0 spiro atoms. The second-order valence-electron chi connectivity index (χ2n) is 6.26. The summed E-state index contributed by atoms with van der Waals surface area (Å²) in [5.41, 5.74) is 5.83. The zero-order valence-electron chi connectivity index (χ0n) is 13.4. The van der Waals surface area contributed by atoms with Crippen molar-refractivity contribution in [1.82, 2.24) is 5.32 Å². The molecule has 0 aromatic heterocycles. The number of amides is 1. The molecule has 0 unspecified atom stereocenters. The number of carbonyl (C=O) groups is 2. The van der Waals surface area contributed by atoms with Gasteiger partial charge in [-0.2, -0.15) is 0 Å². The van der Waals surface area contributed by atoms with Crippen molar-refractivity contribution in [2.45, 2.75) is 53.0 Å². The highest BCUT2D eigenvalue weighted by molar-refractivity contribution is 5.81. The van der Waals surface area contributed by atoms with Crippen molar-refractivity contribution in [3.8, 4) is 0 Å². The highest BCUT2D eigenvalue weighted by Gasteiger charge is 2.19. The first-order valence-corrected chi connectivity index (χ1v) is 7.36. The molecule has 0 rings (SSSR count). The molecule has 0 bridgehead atoms. The molecule has 2 atom stereocenters. The van der Waals surface area contributed by atoms with Crippen LogP contribution in [0.2, 0.25) is 0 Å². The topological polar surface area (TPSA) is 81.4 Å². The monoisotopic (exact) mass is 286 g/mol. The largest absolute Gasteiger partial charge is 0.469 e. The van der Waals surface area contributed by atoms with Crippen molar-refractivity contribution in [2.24, 2.45) is 23.5 Å². The summed E-state index contributed by atoms with van der Waals surface area (Å²) in [6.07, 6.45) is 1.86. The normalized spacial score (nSPS) is 14.2. The van der Waals surface area contributed by atoms with Gasteiger partial charge >= 0.3 is 5.97 Å². The van der Waals surface area contributed by atoms with Crippen LogP contribution in [0.3, 0.4) is 0 Å². The van der Waals surface area contributed by atoms with Gasteiger partial charge in [-0.1, -0.05) is 27.7 Å². The van der Waals surface area contributed by atoms with Crippen LogP contribution >= 0.6 is 0 Å². The molecule has 0 aromatic rings. The average molecular weight is 286 g/mol. The molecule has 0 aliphatic carbocycles. The van der Waals surface area contributed by atoms with Gasteiger partial charge in [0.25, 0.3) is 0 Å². The minimum Gasteiger partial charge on any atom is -0.469 e. The van der Waals surface area contributed by atoms with E-state index in [-0.39, 0.29) is 17.8 Å². The van der Waals surface area contributed by atoms with Gasteiger partial charge in [0, 0.05) is 13.0 Å². The van der Waals surface area contributed by atoms with Gasteiger partial charge in [0.05, 0.1) is 13.2 Å². The Bertz CT molecular complexity index is 303. The van der Waals surface area contributed by atoms with Crippen molar-refractivity contribution >= 4 is 11.9 Å². The third-order valence-electron chi connectivity index (χ3n) is 3.11. The van der Waals surface area contributed by atoms with Gasteiger partial charge in [-0.25, -0.2) is 0 Å². The molecule has 0 radical (unpaired) electrons. The lowest BCUT2D eigenvalue weighted by atomic mass is 9.94. The number of methoxy groups -OCH3 is 1. The Morgan fingerprint density at radius 1 is 1.10 bits per heavy atom. The molecule has 0 fully saturated rings. The number of nitrogens with two attached hydrogens (primary N) is 1. The first-order valence-electron chi connectivity index (χ1n) is 7.36. The Morgan fingerprint density at radius 2 is 1.65 bits per heavy atom. The summed E-state index contributed by atoms with van der Waals surface area (Å²) < 4.78 is 4.69. The lowest BCUT2D eigenvalue weighted by Gasteiger charge is -2.20. The lowest BCUT2D eigenvalue weighted by molar-refractivity contribution is -0.142. The molecule has 118 valence electrons. The van der Waals surface area contributed by atoms with Crippen LogP contribution in [-0.2, 0) is 14.3 Å². The van der Waals surface area contributed by atoms with Crippen LogP contribution in [0.4, 0.5) is 0 Å². The van der Waals surface area contributed by atoms with Gasteiger partial charge in [-0.15, -0.1) is 0 Å². The second kappa shape index (κ2) is 9.75. The number of ether oxygens (including phenoxy) is 1. The van der Waals surface area contributed by atoms with Gasteiger partial charge in [0.1, 0.15) is 0 Å². The zero-order chi connectivity index (χ0) is 15.7. The van der Waals surface area contributed by atoms with Crippen LogP contribution in [0, 0.1) is 17.8 Å². The smallest absolute Gasteiger partial charge is 0.305 e. The Hall–Kier alpha value is -1.10. The zero-order valence-corrected chi connectivity index (χ0v) is 13.4. The fourth-order valence-electron chi connectivity index (χ4n) is 2.22. The van der Waals surface area contributed by atoms with Crippen molar-refractivity contribution in [3.63, 3.8) is 0 Å². The fourth-order valence-corrected chi connectivity index (χ4v) is 2.22. The molecular weight excluding hydrogens is 256 g/mol. The van der Waals surface area contributed by atoms with Crippen LogP contribution in [0.15, 0.2) is 0 Å². The molecule has 3 N–H and O–H groups in total. The van der Waals surface area contributed by atoms with Crippen LogP contribution in [0.1, 0.15) is 47.0 Å². The summed E-state index contributed by atoms with van der Waals surface area (Å²) in [5.74, 6) is 0.564. The molecule has 0 saturated carbocycles. The number of rotatable bonds is 9. The second-order valence-corrected chi connectivity index (χ2v) is 6.26. The van der Waals surface area contributed by atoms with E-state index in [4.69, 9.17) is 10.5 Å². The average Bonchev–Trinajstić information content (AvgIpc) is 2.33. The number of hydrogen-bond acceptors (Lipinski definition) is 4. The van der Waals surface area contributed by atoms with E-state index in [0.717, 1.165) is 6.42 Å². The minimum atomic E-state index is -0.479. The van der Waals surface area contributed by atoms with E-state index in [0.29, 0.717) is 31.2 Å². The van der Waals surface area contributed by atoms with Gasteiger partial charge in [0.2, 0.25) is 5.91 Å². The van der Waals surface area contributed by atoms with E-state index in [9.17, 15) is 9.59 Å². The van der Waals surface area contributed by atoms with Crippen LogP contribution < -0.4 is 11.1 Å². The molecule has 0 aromatic carbocycles. The van der Waals surface area contributed by atoms with E-state index >= 15 is 0 Å². The number of hydrogen-bond donors (Lipinski definition) is 2. The van der Waals surface area contributed by atoms with E-state index in [1.165, 1.54) is 7.11 Å². The summed E-state index contributed by atoms with van der Waals surface area (Å²) in [5, 5.41) is 2.85. The van der Waals surface area contributed by atoms with Crippen LogP contribution in [-0.4, -0.2) is 31.6 Å². The number of nitrogens with one attached hydrogen (secondary N) is 1. The lowest BCUT2D eigenvalue weighted by Crippen LogP contribution is -2.43. The summed E-state index contributed by atoms with van der Waals surface area (Å²) in [4.78, 5) is 23.2.